The van der Waals surface area contributed by atoms with E-state index in [1.54, 1.807) is 6.07 Å². The Hall–Kier alpha value is -1.43. The predicted octanol–water partition coefficient (Wildman–Crippen LogP) is 4.29. The minimum atomic E-state index is -0.344. The Balaban J connectivity index is 0.00000131. The third kappa shape index (κ3) is 4.20. The highest BCUT2D eigenvalue weighted by atomic mass is 35.5. The summed E-state index contributed by atoms with van der Waals surface area (Å²) in [5, 5.41) is 0.599. The largest absolute Gasteiger partial charge is 0.338 e. The number of hydrogen-bond acceptors (Lipinski definition) is 3. The minimum absolute atomic E-state index is 0. The summed E-state index contributed by atoms with van der Waals surface area (Å²) in [4.78, 5) is 19.8. The normalized spacial score (nSPS) is 21.3. The lowest BCUT2D eigenvalue weighted by molar-refractivity contribution is 0.0534. The van der Waals surface area contributed by atoms with Crippen LogP contribution in [0.5, 0.6) is 0 Å². The molecule has 1 unspecified atom stereocenters. The second-order valence-electron chi connectivity index (χ2n) is 8.14. The van der Waals surface area contributed by atoms with Crippen molar-refractivity contribution in [3.8, 4) is 0 Å². The number of carbonyl (C=O) groups excluding carboxylic acids is 1. The molecule has 2 N–H and O–H groups in total. The maximum Gasteiger partial charge on any atom is 0.254 e. The Labute approximate surface area is 171 Å². The zero-order chi connectivity index (χ0) is 17.8. The van der Waals surface area contributed by atoms with Crippen LogP contribution in [0, 0.1) is 11.2 Å². The summed E-state index contributed by atoms with van der Waals surface area (Å²) in [5.74, 6) is 0.0515. The Morgan fingerprint density at radius 3 is 2.56 bits per heavy atom. The molecule has 1 aromatic heterocycles. The molecule has 0 bridgehead atoms. The number of pyridine rings is 1. The lowest BCUT2D eigenvalue weighted by Crippen LogP contribution is -2.54. The van der Waals surface area contributed by atoms with E-state index in [4.69, 9.17) is 5.73 Å². The molecule has 2 aliphatic rings. The molecule has 0 spiro atoms. The Kier molecular flexibility index (Phi) is 6.40. The van der Waals surface area contributed by atoms with E-state index in [1.165, 1.54) is 12.1 Å². The Morgan fingerprint density at radius 1 is 1.22 bits per heavy atom. The molecular weight excluding hydrogens is 388 g/mol. The molecule has 27 heavy (non-hydrogen) atoms. The van der Waals surface area contributed by atoms with Crippen LogP contribution in [-0.2, 0) is 0 Å². The predicted molar refractivity (Wildman–Crippen MR) is 110 cm³/mol. The van der Waals surface area contributed by atoms with Crippen molar-refractivity contribution >= 4 is 41.6 Å². The van der Waals surface area contributed by atoms with E-state index >= 15 is 0 Å². The number of halogens is 3. The summed E-state index contributed by atoms with van der Waals surface area (Å²) < 4.78 is 13.8. The number of nitrogens with two attached hydrogens (primary N) is 1. The van der Waals surface area contributed by atoms with E-state index in [9.17, 15) is 9.18 Å². The van der Waals surface area contributed by atoms with Crippen molar-refractivity contribution < 1.29 is 9.18 Å². The third-order valence-electron chi connectivity index (χ3n) is 5.62. The fraction of sp³-hybridized carbons (Fsp3) is 0.500. The molecule has 1 aromatic carbocycles. The Bertz CT molecular complexity index is 854. The van der Waals surface area contributed by atoms with E-state index in [1.807, 2.05) is 11.0 Å². The van der Waals surface area contributed by atoms with Crippen LogP contribution in [0.2, 0.25) is 0 Å². The van der Waals surface area contributed by atoms with Gasteiger partial charge in [0.05, 0.1) is 11.1 Å². The highest BCUT2D eigenvalue weighted by Crippen LogP contribution is 2.40. The first-order valence-electron chi connectivity index (χ1n) is 9.00. The van der Waals surface area contributed by atoms with Gasteiger partial charge in [0.15, 0.2) is 0 Å². The highest BCUT2D eigenvalue weighted by Gasteiger charge is 2.36. The van der Waals surface area contributed by atoms with Crippen LogP contribution in [-0.4, -0.2) is 34.9 Å². The summed E-state index contributed by atoms with van der Waals surface area (Å²) in [6.45, 7) is 5.44. The molecule has 2 fully saturated rings. The standard InChI is InChI=1S/C20H24FN3O.2ClH/c1-20(2)11-24(8-7-18(20)22)19(25)15-10-17(12-3-4-12)23-16-6-5-13(21)9-14(15)16;;/h5-6,9-10,12,18H,3-4,7-8,11,22H2,1-2H3;2*1H. The van der Waals surface area contributed by atoms with Gasteiger partial charge in [-0.25, -0.2) is 4.39 Å². The van der Waals surface area contributed by atoms with Gasteiger partial charge in [0.25, 0.3) is 5.91 Å². The average Bonchev–Trinajstić information content (AvgIpc) is 3.40. The van der Waals surface area contributed by atoms with E-state index in [0.29, 0.717) is 35.5 Å². The number of benzene rings is 1. The fourth-order valence-electron chi connectivity index (χ4n) is 3.70. The van der Waals surface area contributed by atoms with E-state index in [0.717, 1.165) is 25.0 Å². The molecule has 1 atom stereocenters. The maximum atomic E-state index is 13.8. The van der Waals surface area contributed by atoms with Crippen LogP contribution in [0.25, 0.3) is 10.9 Å². The first-order chi connectivity index (χ1) is 11.8. The molecule has 4 rings (SSSR count). The van der Waals surface area contributed by atoms with Crippen molar-refractivity contribution in [3.05, 3.63) is 41.3 Å². The molecule has 1 aliphatic heterocycles. The number of fused-ring (bicyclic) bond motifs is 1. The average molecular weight is 414 g/mol. The van der Waals surface area contributed by atoms with Gasteiger partial charge in [0, 0.05) is 36.1 Å². The monoisotopic (exact) mass is 413 g/mol. The van der Waals surface area contributed by atoms with E-state index in [2.05, 4.69) is 18.8 Å². The highest BCUT2D eigenvalue weighted by molar-refractivity contribution is 6.06. The topological polar surface area (TPSA) is 59.2 Å². The van der Waals surface area contributed by atoms with Gasteiger partial charge in [-0.1, -0.05) is 13.8 Å². The SMILES string of the molecule is CC1(C)CN(C(=O)c2cc(C3CC3)nc3ccc(F)cc23)CCC1N.Cl.Cl. The van der Waals surface area contributed by atoms with Crippen LogP contribution in [0.3, 0.4) is 0 Å². The van der Waals surface area contributed by atoms with Gasteiger partial charge in [-0.2, -0.15) is 0 Å². The zero-order valence-electron chi connectivity index (χ0n) is 15.6. The van der Waals surface area contributed by atoms with Crippen LogP contribution < -0.4 is 5.73 Å². The number of nitrogens with zero attached hydrogens (tertiary/aromatic N) is 2. The van der Waals surface area contributed by atoms with Gasteiger partial charge in [-0.3, -0.25) is 9.78 Å². The number of piperidine rings is 1. The molecule has 4 nitrogen and oxygen atoms in total. The maximum absolute atomic E-state index is 13.8. The number of amides is 1. The first-order valence-corrected chi connectivity index (χ1v) is 9.00. The third-order valence-corrected chi connectivity index (χ3v) is 5.62. The van der Waals surface area contributed by atoms with Gasteiger partial charge in [0.2, 0.25) is 0 Å². The van der Waals surface area contributed by atoms with Gasteiger partial charge >= 0.3 is 0 Å². The van der Waals surface area contributed by atoms with Crippen molar-refractivity contribution in [3.63, 3.8) is 0 Å². The summed E-state index contributed by atoms with van der Waals surface area (Å²) in [6.07, 6.45) is 3.00. The van der Waals surface area contributed by atoms with Crippen molar-refractivity contribution in [2.24, 2.45) is 11.1 Å². The molecule has 0 radical (unpaired) electrons. The van der Waals surface area contributed by atoms with Crippen LogP contribution >= 0.6 is 24.8 Å². The summed E-state index contributed by atoms with van der Waals surface area (Å²) in [6, 6.07) is 6.47. The van der Waals surface area contributed by atoms with Crippen molar-refractivity contribution in [1.82, 2.24) is 9.88 Å². The summed E-state index contributed by atoms with van der Waals surface area (Å²) in [5.41, 5.74) is 8.29. The molecule has 148 valence electrons. The molecule has 7 heteroatoms. The van der Waals surface area contributed by atoms with Gasteiger partial charge in [-0.15, -0.1) is 24.8 Å². The first kappa shape index (κ1) is 21.9. The molecule has 2 aromatic rings. The zero-order valence-corrected chi connectivity index (χ0v) is 17.2. The molecule has 1 saturated heterocycles. The lowest BCUT2D eigenvalue weighted by atomic mass is 9.79. The summed E-state index contributed by atoms with van der Waals surface area (Å²) >= 11 is 0. The quantitative estimate of drug-likeness (QED) is 0.798. The number of rotatable bonds is 2. The molecule has 1 amide bonds. The molecule has 2 heterocycles. The second-order valence-corrected chi connectivity index (χ2v) is 8.14. The van der Waals surface area contributed by atoms with Crippen LogP contribution in [0.15, 0.2) is 24.3 Å². The number of hydrogen-bond donors (Lipinski definition) is 1. The fourth-order valence-corrected chi connectivity index (χ4v) is 3.70. The lowest BCUT2D eigenvalue weighted by Gasteiger charge is -2.42. The minimum Gasteiger partial charge on any atom is -0.338 e. The van der Waals surface area contributed by atoms with Crippen LogP contribution in [0.4, 0.5) is 4.39 Å². The van der Waals surface area contributed by atoms with Crippen molar-refractivity contribution in [1.29, 1.82) is 0 Å². The van der Waals surface area contributed by atoms with Crippen LogP contribution in [0.1, 0.15) is 55.1 Å². The second kappa shape index (κ2) is 7.90. The summed E-state index contributed by atoms with van der Waals surface area (Å²) in [7, 11) is 0. The van der Waals surface area contributed by atoms with Crippen molar-refractivity contribution in [2.45, 2.75) is 45.1 Å². The number of aromatic nitrogens is 1. The number of likely N-dealkylation sites (tertiary alicyclic amines) is 1. The number of carbonyl (C=O) groups is 1. The van der Waals surface area contributed by atoms with E-state index in [-0.39, 0.29) is 48.0 Å². The van der Waals surface area contributed by atoms with E-state index < -0.39 is 0 Å². The van der Waals surface area contributed by atoms with Gasteiger partial charge in [-0.05, 0) is 48.9 Å². The Morgan fingerprint density at radius 2 is 1.93 bits per heavy atom. The molecule has 1 saturated carbocycles. The molecule has 1 aliphatic carbocycles. The molecular formula is C20H26Cl2FN3O. The van der Waals surface area contributed by atoms with Gasteiger partial charge < -0.3 is 10.6 Å². The van der Waals surface area contributed by atoms with Gasteiger partial charge in [0.1, 0.15) is 5.82 Å². The van der Waals surface area contributed by atoms with Crippen molar-refractivity contribution in [2.75, 3.05) is 13.1 Å². The smallest absolute Gasteiger partial charge is 0.254 e.